The zero-order chi connectivity index (χ0) is 12.7. The monoisotopic (exact) mass is 249 g/mol. The fourth-order valence-corrected chi connectivity index (χ4v) is 1.69. The molecule has 2 nitrogen and oxygen atoms in total. The second-order valence-electron chi connectivity index (χ2n) is 3.62. The molecule has 0 spiro atoms. The fourth-order valence-electron chi connectivity index (χ4n) is 1.52. The molecule has 0 atom stereocenters. The number of benzene rings is 1. The van der Waals surface area contributed by atoms with Crippen LogP contribution in [0.3, 0.4) is 0 Å². The van der Waals surface area contributed by atoms with Crippen LogP contribution in [0.25, 0.3) is 0 Å². The van der Waals surface area contributed by atoms with Crippen LogP contribution in [-0.2, 0) is 5.88 Å². The van der Waals surface area contributed by atoms with E-state index < -0.39 is 0 Å². The summed E-state index contributed by atoms with van der Waals surface area (Å²) in [6, 6.07) is 7.34. The normalized spacial score (nSPS) is 9.71. The van der Waals surface area contributed by atoms with Crippen LogP contribution in [0.2, 0.25) is 0 Å². The van der Waals surface area contributed by atoms with E-state index >= 15 is 0 Å². The molecule has 0 saturated carbocycles. The summed E-state index contributed by atoms with van der Waals surface area (Å²) in [6.45, 7) is 8.31. The second kappa shape index (κ2) is 6.92. The highest BCUT2D eigenvalue weighted by molar-refractivity contribution is 6.17. The van der Waals surface area contributed by atoms with Crippen molar-refractivity contribution in [3.05, 3.63) is 60.7 Å². The first kappa shape index (κ1) is 13.5. The van der Waals surface area contributed by atoms with Crippen LogP contribution in [-0.4, -0.2) is 23.9 Å². The first-order chi connectivity index (χ1) is 8.22. The molecule has 0 heterocycles. The van der Waals surface area contributed by atoms with E-state index in [2.05, 4.69) is 13.2 Å². The van der Waals surface area contributed by atoms with Gasteiger partial charge in [-0.25, -0.2) is 0 Å². The van der Waals surface area contributed by atoms with Crippen molar-refractivity contribution in [2.45, 2.75) is 5.88 Å². The van der Waals surface area contributed by atoms with Gasteiger partial charge < -0.3 is 4.90 Å². The summed E-state index contributed by atoms with van der Waals surface area (Å²) in [5.74, 6) is 0.376. The standard InChI is InChI=1S/C14H16ClNO/c1-3-8-16(9-4-2)14(17)13-7-5-6-12(10-13)11-15/h3-7,10H,1-2,8-9,11H2. The molecule has 17 heavy (non-hydrogen) atoms. The SMILES string of the molecule is C=CCN(CC=C)C(=O)c1cccc(CCl)c1. The maximum absolute atomic E-state index is 12.2. The van der Waals surface area contributed by atoms with E-state index in [0.29, 0.717) is 24.5 Å². The number of hydrogen-bond acceptors (Lipinski definition) is 1. The van der Waals surface area contributed by atoms with E-state index in [1.165, 1.54) is 0 Å². The quantitative estimate of drug-likeness (QED) is 0.560. The molecule has 0 saturated heterocycles. The van der Waals surface area contributed by atoms with Crippen molar-refractivity contribution in [2.75, 3.05) is 13.1 Å². The molecule has 1 amide bonds. The first-order valence-corrected chi connectivity index (χ1v) is 5.92. The van der Waals surface area contributed by atoms with Gasteiger partial charge in [0.15, 0.2) is 0 Å². The highest BCUT2D eigenvalue weighted by atomic mass is 35.5. The molecule has 90 valence electrons. The third kappa shape index (κ3) is 3.75. The van der Waals surface area contributed by atoms with E-state index in [-0.39, 0.29) is 5.91 Å². The number of amides is 1. The zero-order valence-electron chi connectivity index (χ0n) is 9.73. The van der Waals surface area contributed by atoms with Gasteiger partial charge in [0.05, 0.1) is 0 Å². The summed E-state index contributed by atoms with van der Waals surface area (Å²) < 4.78 is 0. The Kier molecular flexibility index (Phi) is 5.50. The van der Waals surface area contributed by atoms with Crippen LogP contribution in [0.15, 0.2) is 49.6 Å². The van der Waals surface area contributed by atoms with E-state index in [0.717, 1.165) is 5.56 Å². The van der Waals surface area contributed by atoms with Gasteiger partial charge in [-0.05, 0) is 17.7 Å². The number of alkyl halides is 1. The average molecular weight is 250 g/mol. The molecule has 0 radical (unpaired) electrons. The lowest BCUT2D eigenvalue weighted by atomic mass is 10.1. The van der Waals surface area contributed by atoms with Crippen LogP contribution in [0, 0.1) is 0 Å². The van der Waals surface area contributed by atoms with Crippen molar-refractivity contribution in [3.63, 3.8) is 0 Å². The Morgan fingerprint density at radius 2 is 1.94 bits per heavy atom. The largest absolute Gasteiger partial charge is 0.331 e. The lowest BCUT2D eigenvalue weighted by molar-refractivity contribution is 0.0791. The molecule has 0 N–H and O–H groups in total. The van der Waals surface area contributed by atoms with Gasteiger partial charge in [-0.1, -0.05) is 24.3 Å². The van der Waals surface area contributed by atoms with Gasteiger partial charge in [0.2, 0.25) is 0 Å². The molecule has 1 aromatic rings. The molecule has 3 heteroatoms. The Labute approximate surface area is 107 Å². The van der Waals surface area contributed by atoms with Crippen molar-refractivity contribution >= 4 is 17.5 Å². The van der Waals surface area contributed by atoms with Crippen LogP contribution in [0.1, 0.15) is 15.9 Å². The van der Waals surface area contributed by atoms with Crippen molar-refractivity contribution in [1.82, 2.24) is 4.90 Å². The lowest BCUT2D eigenvalue weighted by Gasteiger charge is -2.19. The summed E-state index contributed by atoms with van der Waals surface area (Å²) in [6.07, 6.45) is 3.40. The number of nitrogens with zero attached hydrogens (tertiary/aromatic N) is 1. The number of hydrogen-bond donors (Lipinski definition) is 0. The van der Waals surface area contributed by atoms with Crippen molar-refractivity contribution in [2.24, 2.45) is 0 Å². The molecule has 0 aliphatic rings. The third-order valence-corrected chi connectivity index (χ3v) is 2.62. The second-order valence-corrected chi connectivity index (χ2v) is 3.89. The summed E-state index contributed by atoms with van der Waals surface area (Å²) in [7, 11) is 0. The van der Waals surface area contributed by atoms with E-state index in [1.807, 2.05) is 18.2 Å². The minimum Gasteiger partial charge on any atom is -0.331 e. The average Bonchev–Trinajstić information content (AvgIpc) is 2.38. The fraction of sp³-hybridized carbons (Fsp3) is 0.214. The molecule has 1 aromatic carbocycles. The Balaban J connectivity index is 2.91. The van der Waals surface area contributed by atoms with E-state index in [9.17, 15) is 4.79 Å². The highest BCUT2D eigenvalue weighted by Gasteiger charge is 2.13. The topological polar surface area (TPSA) is 20.3 Å². The van der Waals surface area contributed by atoms with E-state index in [1.54, 1.807) is 23.1 Å². The minimum absolute atomic E-state index is 0.0308. The molecule has 0 aromatic heterocycles. The molecule has 0 aliphatic carbocycles. The predicted octanol–water partition coefficient (Wildman–Crippen LogP) is 3.24. The van der Waals surface area contributed by atoms with Gasteiger partial charge in [0, 0.05) is 24.5 Å². The van der Waals surface area contributed by atoms with Crippen molar-refractivity contribution in [3.8, 4) is 0 Å². The summed E-state index contributed by atoms with van der Waals surface area (Å²) in [4.78, 5) is 13.9. The smallest absolute Gasteiger partial charge is 0.254 e. The van der Waals surface area contributed by atoms with Crippen LogP contribution < -0.4 is 0 Å². The molecule has 1 rings (SSSR count). The Bertz CT molecular complexity index is 404. The molecule has 0 aliphatic heterocycles. The summed E-state index contributed by atoms with van der Waals surface area (Å²) >= 11 is 5.75. The van der Waals surface area contributed by atoms with Gasteiger partial charge in [0.25, 0.3) is 5.91 Å². The molecular weight excluding hydrogens is 234 g/mol. The highest BCUT2D eigenvalue weighted by Crippen LogP contribution is 2.10. The zero-order valence-corrected chi connectivity index (χ0v) is 10.5. The molecule has 0 unspecified atom stereocenters. The lowest BCUT2D eigenvalue weighted by Crippen LogP contribution is -2.31. The Morgan fingerprint density at radius 3 is 2.47 bits per heavy atom. The van der Waals surface area contributed by atoms with Gasteiger partial charge in [-0.3, -0.25) is 4.79 Å². The van der Waals surface area contributed by atoms with E-state index in [4.69, 9.17) is 11.6 Å². The molecular formula is C14H16ClNO. The molecule has 0 bridgehead atoms. The van der Waals surface area contributed by atoms with Gasteiger partial charge in [-0.2, -0.15) is 0 Å². The van der Waals surface area contributed by atoms with Crippen LogP contribution in [0.5, 0.6) is 0 Å². The predicted molar refractivity (Wildman–Crippen MR) is 72.3 cm³/mol. The number of carbonyl (C=O) groups is 1. The van der Waals surface area contributed by atoms with Crippen molar-refractivity contribution < 1.29 is 4.79 Å². The number of rotatable bonds is 6. The Hall–Kier alpha value is -1.54. The summed E-state index contributed by atoms with van der Waals surface area (Å²) in [5, 5.41) is 0. The maximum atomic E-state index is 12.2. The van der Waals surface area contributed by atoms with Crippen LogP contribution >= 0.6 is 11.6 Å². The van der Waals surface area contributed by atoms with Crippen LogP contribution in [0.4, 0.5) is 0 Å². The first-order valence-electron chi connectivity index (χ1n) is 5.39. The van der Waals surface area contributed by atoms with Gasteiger partial charge in [-0.15, -0.1) is 24.8 Å². The maximum Gasteiger partial charge on any atom is 0.254 e. The third-order valence-electron chi connectivity index (χ3n) is 2.31. The van der Waals surface area contributed by atoms with Gasteiger partial charge in [0.1, 0.15) is 0 Å². The Morgan fingerprint density at radius 1 is 1.29 bits per heavy atom. The van der Waals surface area contributed by atoms with Gasteiger partial charge >= 0.3 is 0 Å². The molecule has 0 fully saturated rings. The number of halogens is 1. The minimum atomic E-state index is -0.0308. The van der Waals surface area contributed by atoms with Crippen molar-refractivity contribution in [1.29, 1.82) is 0 Å². The number of carbonyl (C=O) groups excluding carboxylic acids is 1. The summed E-state index contributed by atoms with van der Waals surface area (Å²) in [5.41, 5.74) is 1.58.